The van der Waals surface area contributed by atoms with Gasteiger partial charge in [0.15, 0.2) is 0 Å². The molecule has 7 heteroatoms. The van der Waals surface area contributed by atoms with Gasteiger partial charge in [-0.1, -0.05) is 55.5 Å². The summed E-state index contributed by atoms with van der Waals surface area (Å²) in [5.74, 6) is -1.60. The maximum absolute atomic E-state index is 12.5. The van der Waals surface area contributed by atoms with Gasteiger partial charge in [-0.25, -0.2) is 4.79 Å². The van der Waals surface area contributed by atoms with E-state index >= 15 is 0 Å². The molecule has 0 bridgehead atoms. The van der Waals surface area contributed by atoms with Crippen molar-refractivity contribution >= 4 is 18.0 Å². The molecule has 0 spiro atoms. The van der Waals surface area contributed by atoms with Crippen LogP contribution >= 0.6 is 0 Å². The van der Waals surface area contributed by atoms with E-state index in [0.29, 0.717) is 32.2 Å². The predicted octanol–water partition coefficient (Wildman–Crippen LogP) is 3.92. The number of carboxylic acid groups (broad SMARTS) is 1. The lowest BCUT2D eigenvalue weighted by atomic mass is 9.98. The number of fused-ring (bicyclic) bond motifs is 3. The molecule has 33 heavy (non-hydrogen) atoms. The Bertz CT molecular complexity index is 991. The first-order valence-electron chi connectivity index (χ1n) is 11.6. The Morgan fingerprint density at radius 1 is 1.03 bits per heavy atom. The molecule has 3 N–H and O–H groups in total. The Morgan fingerprint density at radius 3 is 2.30 bits per heavy atom. The molecule has 2 amide bonds. The van der Waals surface area contributed by atoms with E-state index < -0.39 is 18.0 Å². The van der Waals surface area contributed by atoms with Crippen LogP contribution in [0.15, 0.2) is 48.5 Å². The van der Waals surface area contributed by atoms with E-state index in [-0.39, 0.29) is 30.4 Å². The molecule has 2 aromatic rings. The molecule has 0 aliphatic heterocycles. The van der Waals surface area contributed by atoms with Crippen molar-refractivity contribution in [3.63, 3.8) is 0 Å². The van der Waals surface area contributed by atoms with Gasteiger partial charge in [-0.2, -0.15) is 0 Å². The van der Waals surface area contributed by atoms with Crippen LogP contribution < -0.4 is 10.6 Å². The monoisotopic (exact) mass is 450 g/mol. The summed E-state index contributed by atoms with van der Waals surface area (Å²) >= 11 is 0. The van der Waals surface area contributed by atoms with Crippen molar-refractivity contribution < 1.29 is 24.2 Å². The Kier molecular flexibility index (Phi) is 6.96. The average molecular weight is 451 g/mol. The Hall–Kier alpha value is -3.35. The van der Waals surface area contributed by atoms with Crippen LogP contribution in [0.4, 0.5) is 4.79 Å². The van der Waals surface area contributed by atoms with Crippen LogP contribution in [0.3, 0.4) is 0 Å². The van der Waals surface area contributed by atoms with E-state index in [2.05, 4.69) is 34.9 Å². The molecule has 0 heterocycles. The zero-order valence-electron chi connectivity index (χ0n) is 18.8. The summed E-state index contributed by atoms with van der Waals surface area (Å²) in [5.41, 5.74) is 4.71. The molecule has 0 saturated heterocycles. The maximum Gasteiger partial charge on any atom is 0.407 e. The van der Waals surface area contributed by atoms with Gasteiger partial charge in [-0.3, -0.25) is 9.59 Å². The fourth-order valence-electron chi connectivity index (χ4n) is 4.84. The fourth-order valence-corrected chi connectivity index (χ4v) is 4.84. The third-order valence-corrected chi connectivity index (χ3v) is 6.77. The standard InChI is InChI=1S/C26H30N2O5/c1-16(25(30)31)12-13-27-24(29)17-10-11-18(14-17)28-26(32)33-15-23-21-8-4-2-6-19(21)20-7-3-5-9-22(20)23/h2-9,16-18,23H,10-15H2,1H3,(H,27,29)(H,28,32)(H,30,31)/t16?,17-,18+/m1/s1. The molecule has 4 rings (SSSR count). The first kappa shape index (κ1) is 22.8. The van der Waals surface area contributed by atoms with Crippen molar-refractivity contribution in [2.75, 3.05) is 13.2 Å². The topological polar surface area (TPSA) is 105 Å². The molecule has 1 saturated carbocycles. The third-order valence-electron chi connectivity index (χ3n) is 6.77. The minimum absolute atomic E-state index is 0.0125. The average Bonchev–Trinajstić information content (AvgIpc) is 3.40. The minimum atomic E-state index is -0.863. The summed E-state index contributed by atoms with van der Waals surface area (Å²) in [6.45, 7) is 2.23. The summed E-state index contributed by atoms with van der Waals surface area (Å²) in [5, 5.41) is 14.6. The molecule has 7 nitrogen and oxygen atoms in total. The first-order chi connectivity index (χ1) is 15.9. The summed E-state index contributed by atoms with van der Waals surface area (Å²) in [6.07, 6.45) is 1.90. The van der Waals surface area contributed by atoms with Crippen molar-refractivity contribution in [2.24, 2.45) is 11.8 Å². The molecular weight excluding hydrogens is 420 g/mol. The van der Waals surface area contributed by atoms with E-state index in [1.807, 2.05) is 24.3 Å². The number of rotatable bonds is 8. The van der Waals surface area contributed by atoms with Gasteiger partial charge in [-0.05, 0) is 47.9 Å². The molecule has 2 aliphatic carbocycles. The number of aliphatic carboxylic acids is 1. The van der Waals surface area contributed by atoms with Gasteiger partial charge in [0.25, 0.3) is 0 Å². The van der Waals surface area contributed by atoms with Crippen molar-refractivity contribution in [3.8, 4) is 11.1 Å². The molecule has 174 valence electrons. The second-order valence-corrected chi connectivity index (χ2v) is 9.00. The van der Waals surface area contributed by atoms with E-state index in [4.69, 9.17) is 9.84 Å². The van der Waals surface area contributed by atoms with Crippen LogP contribution in [0, 0.1) is 11.8 Å². The summed E-state index contributed by atoms with van der Waals surface area (Å²) in [6, 6.07) is 16.3. The Balaban J connectivity index is 1.24. The Labute approximate surface area is 193 Å². The predicted molar refractivity (Wildman–Crippen MR) is 124 cm³/mol. The zero-order chi connectivity index (χ0) is 23.4. The largest absolute Gasteiger partial charge is 0.481 e. The first-order valence-corrected chi connectivity index (χ1v) is 11.6. The lowest BCUT2D eigenvalue weighted by molar-refractivity contribution is -0.141. The maximum atomic E-state index is 12.5. The van der Waals surface area contributed by atoms with Crippen LogP contribution in [-0.4, -0.2) is 42.3 Å². The normalized spacial score (nSPS) is 19.9. The molecule has 2 aromatic carbocycles. The highest BCUT2D eigenvalue weighted by atomic mass is 16.5. The Morgan fingerprint density at radius 2 is 1.67 bits per heavy atom. The molecule has 1 fully saturated rings. The number of carboxylic acids is 1. The molecule has 2 aliphatic rings. The number of amides is 2. The van der Waals surface area contributed by atoms with E-state index in [9.17, 15) is 14.4 Å². The fraction of sp³-hybridized carbons (Fsp3) is 0.423. The summed E-state index contributed by atoms with van der Waals surface area (Å²) in [7, 11) is 0. The van der Waals surface area contributed by atoms with Gasteiger partial charge in [-0.15, -0.1) is 0 Å². The van der Waals surface area contributed by atoms with Crippen LogP contribution in [0.5, 0.6) is 0 Å². The number of hydrogen-bond donors (Lipinski definition) is 3. The lowest BCUT2D eigenvalue weighted by Crippen LogP contribution is -2.36. The van der Waals surface area contributed by atoms with Crippen molar-refractivity contribution in [3.05, 3.63) is 59.7 Å². The number of ether oxygens (including phenoxy) is 1. The van der Waals surface area contributed by atoms with E-state index in [0.717, 1.165) is 0 Å². The summed E-state index contributed by atoms with van der Waals surface area (Å²) < 4.78 is 5.60. The lowest BCUT2D eigenvalue weighted by Gasteiger charge is -2.17. The molecule has 0 aromatic heterocycles. The molecular formula is C26H30N2O5. The number of nitrogens with one attached hydrogen (secondary N) is 2. The number of benzene rings is 2. The highest BCUT2D eigenvalue weighted by molar-refractivity contribution is 5.80. The minimum Gasteiger partial charge on any atom is -0.481 e. The van der Waals surface area contributed by atoms with Crippen LogP contribution in [-0.2, 0) is 14.3 Å². The highest BCUT2D eigenvalue weighted by Crippen LogP contribution is 2.44. The van der Waals surface area contributed by atoms with Crippen molar-refractivity contribution in [2.45, 2.75) is 44.6 Å². The second kappa shape index (κ2) is 10.1. The molecule has 1 unspecified atom stereocenters. The van der Waals surface area contributed by atoms with Crippen LogP contribution in [0.1, 0.15) is 49.7 Å². The quantitative estimate of drug-likeness (QED) is 0.565. The van der Waals surface area contributed by atoms with E-state index in [1.54, 1.807) is 6.92 Å². The van der Waals surface area contributed by atoms with E-state index in [1.165, 1.54) is 22.3 Å². The van der Waals surface area contributed by atoms with Gasteiger partial charge in [0.1, 0.15) is 6.61 Å². The number of carbonyl (C=O) groups excluding carboxylic acids is 2. The van der Waals surface area contributed by atoms with Gasteiger partial charge in [0, 0.05) is 24.4 Å². The summed E-state index contributed by atoms with van der Waals surface area (Å²) in [4.78, 5) is 35.7. The molecule has 0 radical (unpaired) electrons. The zero-order valence-corrected chi connectivity index (χ0v) is 18.8. The highest BCUT2D eigenvalue weighted by Gasteiger charge is 2.32. The van der Waals surface area contributed by atoms with Crippen LogP contribution in [0.25, 0.3) is 11.1 Å². The second-order valence-electron chi connectivity index (χ2n) is 9.00. The van der Waals surface area contributed by atoms with Gasteiger partial charge in [0.05, 0.1) is 5.92 Å². The number of alkyl carbamates (subject to hydrolysis) is 1. The third kappa shape index (κ3) is 5.18. The van der Waals surface area contributed by atoms with Gasteiger partial charge >= 0.3 is 12.1 Å². The number of carbonyl (C=O) groups is 3. The van der Waals surface area contributed by atoms with Crippen molar-refractivity contribution in [1.29, 1.82) is 0 Å². The van der Waals surface area contributed by atoms with Gasteiger partial charge in [0.2, 0.25) is 5.91 Å². The number of hydrogen-bond acceptors (Lipinski definition) is 4. The van der Waals surface area contributed by atoms with Gasteiger partial charge < -0.3 is 20.5 Å². The SMILES string of the molecule is CC(CCNC(=O)[C@@H]1CC[C@H](NC(=O)OCC2c3ccccc3-c3ccccc32)C1)C(=O)O. The van der Waals surface area contributed by atoms with Crippen LogP contribution in [0.2, 0.25) is 0 Å². The molecule has 3 atom stereocenters. The smallest absolute Gasteiger partial charge is 0.407 e. The van der Waals surface area contributed by atoms with Crippen molar-refractivity contribution in [1.82, 2.24) is 10.6 Å².